The Morgan fingerprint density at radius 1 is 0.419 bits per heavy atom. The molecule has 28 nitrogen and oxygen atoms in total. The van der Waals surface area contributed by atoms with Crippen molar-refractivity contribution in [2.45, 2.75) is 160 Å². The highest BCUT2D eigenvalue weighted by Crippen LogP contribution is 2.47. The third-order valence-electron chi connectivity index (χ3n) is 24.2. The number of methoxy groups -OCH3 is 3. The van der Waals surface area contributed by atoms with E-state index in [1.807, 2.05) is 97.1 Å². The number of carbonyl (C=O) groups is 7. The Labute approximate surface area is 744 Å². The second kappa shape index (κ2) is 39.7. The number of amides is 7. The minimum Gasteiger partial charge on any atom is -0.453 e. The fourth-order valence-electron chi connectivity index (χ4n) is 17.8. The van der Waals surface area contributed by atoms with Gasteiger partial charge in [-0.25, -0.2) is 56.7 Å². The van der Waals surface area contributed by atoms with E-state index in [-0.39, 0.29) is 58.0 Å². The van der Waals surface area contributed by atoms with Crippen molar-refractivity contribution in [2.24, 2.45) is 23.7 Å². The van der Waals surface area contributed by atoms with Crippen molar-refractivity contribution in [2.75, 3.05) is 73.9 Å². The van der Waals surface area contributed by atoms with E-state index in [9.17, 15) is 28.8 Å². The van der Waals surface area contributed by atoms with Crippen LogP contribution in [0.2, 0.25) is 0 Å². The number of aromatic nitrogens is 8. The van der Waals surface area contributed by atoms with Crippen molar-refractivity contribution in [3.8, 4) is 67.3 Å². The number of aromatic amines is 4. The highest BCUT2D eigenvalue weighted by atomic mass is 19.3. The standard InChI is InChI=1S/C89H89F4N15O13.2C4H10/c1-116-84(112)102-74(55-29-35-119-36-30-55)81(109)104-33-7-11-70(104)77-94-47-68(100-77)64-27-25-60-39-58(21-23-62(60)41-64)51-13-17-53(18-14-51)66-45-96-79(98-66)72-43-88(90,91)49-106(72)83(111)76(57-9-5-4-6-10-57)108(87(115)118-3)121-86(114)107-50-89(92,93)44-73(107)80-97-46-67(99-80)54-19-15-52(16-20-54)59-22-24-63-42-65(28-26-61(63)40-59)69-48-95-78(101-69)71-12-8-34-105(71)82(110)75(103-85(113)117-2)56-31-37-120-38-32-56;2*1-4(2)3/h4-6,9-10,13-28,39-42,45-48,55-56,70-76H,7-8,11-12,29-38,43-44,49-50H2,1-3H3,(H,94,100)(H,95,101)(H,96,98)(H,97,99)(H,102,112)(H,103,113);2*4H,1-3H3. The van der Waals surface area contributed by atoms with Gasteiger partial charge in [-0.2, -0.15) is 0 Å². The quantitative estimate of drug-likeness (QED) is 0.0249. The number of hydrogen-bond acceptors (Lipinski definition) is 17. The van der Waals surface area contributed by atoms with E-state index in [4.69, 9.17) is 38.5 Å². The fraction of sp³-hybridized carbons (Fsp3) is 0.412. The van der Waals surface area contributed by atoms with Gasteiger partial charge in [-0.05, 0) is 160 Å². The Bertz CT molecular complexity index is 5780. The van der Waals surface area contributed by atoms with Gasteiger partial charge < -0.3 is 73.8 Å². The lowest BCUT2D eigenvalue weighted by molar-refractivity contribution is -0.161. The van der Waals surface area contributed by atoms with Crippen LogP contribution in [0.3, 0.4) is 0 Å². The van der Waals surface area contributed by atoms with Gasteiger partial charge in [0.2, 0.25) is 11.8 Å². The Kier molecular flexibility index (Phi) is 28.0. The number of alkyl halides is 4. The van der Waals surface area contributed by atoms with Gasteiger partial charge in [-0.1, -0.05) is 169 Å². The van der Waals surface area contributed by atoms with Crippen LogP contribution in [0.25, 0.3) is 88.8 Å². The first kappa shape index (κ1) is 90.8. The predicted molar refractivity (Wildman–Crippen MR) is 476 cm³/mol. The topological polar surface area (TPSA) is 330 Å². The summed E-state index contributed by atoms with van der Waals surface area (Å²) in [6.45, 7) is 13.8. The number of ether oxygens (including phenoxy) is 5. The van der Waals surface area contributed by atoms with E-state index in [0.29, 0.717) is 117 Å². The first-order valence-electron chi connectivity index (χ1n) is 44.0. The van der Waals surface area contributed by atoms with Gasteiger partial charge in [0.25, 0.3) is 17.8 Å². The molecule has 0 spiro atoms. The average Bonchev–Trinajstić information content (AvgIpc) is 1.27. The molecule has 6 aliphatic rings. The van der Waals surface area contributed by atoms with E-state index < -0.39 is 98.3 Å². The number of imidazole rings is 4. The van der Waals surface area contributed by atoms with E-state index in [1.165, 1.54) is 50.9 Å². The number of rotatable bonds is 19. The van der Waals surface area contributed by atoms with Crippen molar-refractivity contribution >= 4 is 63.6 Å². The minimum atomic E-state index is -3.49. The number of alkyl carbamates (subject to hydrolysis) is 2. The molecule has 6 aliphatic heterocycles. The smallest absolute Gasteiger partial charge is 0.444 e. The summed E-state index contributed by atoms with van der Waals surface area (Å²) in [5, 5.41) is 9.74. The van der Waals surface area contributed by atoms with E-state index in [0.717, 1.165) is 103 Å². The van der Waals surface area contributed by atoms with Gasteiger partial charge in [0.1, 0.15) is 35.4 Å². The molecule has 7 unspecified atom stereocenters. The van der Waals surface area contributed by atoms with Crippen molar-refractivity contribution in [3.63, 3.8) is 0 Å². The number of halogens is 4. The van der Waals surface area contributed by atoms with Crippen LogP contribution in [0, 0.1) is 23.7 Å². The number of H-pyrrole nitrogens is 4. The van der Waals surface area contributed by atoms with Crippen molar-refractivity contribution in [1.82, 2.24) is 75.2 Å². The van der Waals surface area contributed by atoms with Crippen LogP contribution in [0.4, 0.5) is 36.7 Å². The monoisotopic (exact) mass is 1770 g/mol. The molecule has 6 saturated heterocycles. The van der Waals surface area contributed by atoms with Crippen LogP contribution >= 0.6 is 0 Å². The molecule has 0 bridgehead atoms. The average molecular weight is 1770 g/mol. The first-order valence-corrected chi connectivity index (χ1v) is 44.0. The Morgan fingerprint density at radius 2 is 0.760 bits per heavy atom. The molecular weight excluding hydrogens is 1660 g/mol. The number of nitrogens with zero attached hydrogens (tertiary/aromatic N) is 9. The first-order chi connectivity index (χ1) is 62.1. The van der Waals surface area contributed by atoms with Gasteiger partial charge in [-0.15, -0.1) is 5.06 Å². The second-order valence-electron chi connectivity index (χ2n) is 35.1. The highest BCUT2D eigenvalue weighted by molar-refractivity contribution is 5.94. The number of hydroxylamine groups is 2. The molecule has 32 heteroatoms. The molecule has 17 rings (SSSR count). The maximum atomic E-state index is 16.0. The molecular formula is C97H109F4N15O13. The lowest BCUT2D eigenvalue weighted by Crippen LogP contribution is -2.53. The Balaban J connectivity index is 0.00000153. The summed E-state index contributed by atoms with van der Waals surface area (Å²) in [5.41, 5.74) is 9.09. The summed E-state index contributed by atoms with van der Waals surface area (Å²) in [4.78, 5) is 140. The summed E-state index contributed by atoms with van der Waals surface area (Å²) >= 11 is 0. The molecule has 678 valence electrons. The van der Waals surface area contributed by atoms with Crippen LogP contribution in [-0.4, -0.2) is 204 Å². The number of nitrogens with one attached hydrogen (secondary N) is 6. The summed E-state index contributed by atoms with van der Waals surface area (Å²) < 4.78 is 89.8. The molecule has 7 aromatic carbocycles. The summed E-state index contributed by atoms with van der Waals surface area (Å²) in [6, 6.07) is 39.9. The lowest BCUT2D eigenvalue weighted by atomic mass is 9.90. The van der Waals surface area contributed by atoms with E-state index >= 15 is 22.4 Å². The zero-order chi connectivity index (χ0) is 91.0. The van der Waals surface area contributed by atoms with E-state index in [2.05, 4.69) is 106 Å². The molecule has 6 N–H and O–H groups in total. The third-order valence-corrected chi connectivity index (χ3v) is 24.2. The maximum absolute atomic E-state index is 16.0. The van der Waals surface area contributed by atoms with Gasteiger partial charge in [0, 0.05) is 63.5 Å². The van der Waals surface area contributed by atoms with Gasteiger partial charge in [0.15, 0.2) is 6.04 Å². The highest BCUT2D eigenvalue weighted by Gasteiger charge is 2.55. The van der Waals surface area contributed by atoms with Crippen LogP contribution in [0.1, 0.15) is 165 Å². The summed E-state index contributed by atoms with van der Waals surface area (Å²) in [6.07, 6.45) is 5.95. The molecule has 6 fully saturated rings. The zero-order valence-electron chi connectivity index (χ0n) is 73.7. The van der Waals surface area contributed by atoms with Crippen LogP contribution < -0.4 is 10.6 Å². The van der Waals surface area contributed by atoms with E-state index in [1.54, 1.807) is 28.3 Å². The fourth-order valence-corrected chi connectivity index (χ4v) is 17.8. The SMILES string of the molecule is CC(C)C.CC(C)C.COC(=O)NC(C(=O)N1CCCC1c1ncc(-c2ccc3cc(-c4ccc(-c5cnc(C6CC(F)(F)CN6C(=O)ON(C(=O)OC)C(C(=O)N6CC(F)(F)CC6c6ncc(-c7ccc(-c8ccc9cc(-c%10cnc(C%11CCCN%11C(=O)C(NC(=O)OC)C%11CCOCC%11)[nH]%10)ccc9c8)cc7)[nH]6)c6ccccc6)[nH]5)cc4)ccc3c2)[nH]1)C1CCOCC1. The number of hydrogen-bond donors (Lipinski definition) is 6. The lowest BCUT2D eigenvalue weighted by Gasteiger charge is -2.34. The summed E-state index contributed by atoms with van der Waals surface area (Å²) in [5.74, 6) is -5.69. The van der Waals surface area contributed by atoms with Crippen LogP contribution in [0.15, 0.2) is 176 Å². The largest absolute Gasteiger partial charge is 0.453 e. The molecule has 7 amide bonds. The van der Waals surface area contributed by atoms with Crippen molar-refractivity contribution in [1.29, 1.82) is 0 Å². The minimum absolute atomic E-state index is 0.00352. The predicted octanol–water partition coefficient (Wildman–Crippen LogP) is 18.7. The molecule has 10 heterocycles. The number of fused-ring (bicyclic) bond motifs is 2. The molecule has 7 atom stereocenters. The van der Waals surface area contributed by atoms with Crippen molar-refractivity contribution < 1.29 is 79.6 Å². The van der Waals surface area contributed by atoms with Crippen LogP contribution in [-0.2, 0) is 42.9 Å². The molecule has 4 aromatic heterocycles. The summed E-state index contributed by atoms with van der Waals surface area (Å²) in [7, 11) is 3.51. The molecule has 11 aromatic rings. The van der Waals surface area contributed by atoms with Crippen molar-refractivity contribution in [3.05, 3.63) is 205 Å². The normalized spacial score (nSPS) is 19.3. The third kappa shape index (κ3) is 20.9. The Hall–Kier alpha value is -13.0. The molecule has 0 aliphatic carbocycles. The molecule has 0 saturated carbocycles. The number of benzene rings is 7. The van der Waals surface area contributed by atoms with Gasteiger partial charge >= 0.3 is 24.4 Å². The maximum Gasteiger partial charge on any atom is 0.444 e. The second-order valence-corrected chi connectivity index (χ2v) is 35.1. The Morgan fingerprint density at radius 3 is 1.15 bits per heavy atom. The number of likely N-dealkylation sites (tertiary alicyclic amines) is 4. The molecule has 0 radical (unpaired) electrons. The van der Waals surface area contributed by atoms with Gasteiger partial charge in [-0.3, -0.25) is 19.3 Å². The number of carbonyl (C=O) groups excluding carboxylic acids is 7. The van der Waals surface area contributed by atoms with Gasteiger partial charge in [0.05, 0.1) is 106 Å². The molecule has 129 heavy (non-hydrogen) atoms. The zero-order valence-corrected chi connectivity index (χ0v) is 73.7. The van der Waals surface area contributed by atoms with Crippen LogP contribution in [0.5, 0.6) is 0 Å².